The Labute approximate surface area is 49.2 Å². The molecule has 0 amide bonds. The molecule has 0 spiro atoms. The number of aliphatic carboxylic acids is 1. The van der Waals surface area contributed by atoms with Gasteiger partial charge >= 0.3 is 21.1 Å². The molecule has 4 heteroatoms. The van der Waals surface area contributed by atoms with E-state index in [1.54, 1.807) is 0 Å². The Kier molecular flexibility index (Phi) is 8.06. The van der Waals surface area contributed by atoms with Crippen molar-refractivity contribution in [3.63, 3.8) is 0 Å². The van der Waals surface area contributed by atoms with Crippen LogP contribution in [0, 0.1) is 0 Å². The Hall–Kier alpha value is 0.118. The van der Waals surface area contributed by atoms with E-state index in [4.69, 9.17) is 15.0 Å². The predicted octanol–water partition coefficient (Wildman–Crippen LogP) is -2.91. The molecule has 0 atom stereocenters. The van der Waals surface area contributed by atoms with Crippen LogP contribution >= 0.6 is 0 Å². The van der Waals surface area contributed by atoms with Gasteiger partial charge in [0.15, 0.2) is 0 Å². The van der Waals surface area contributed by atoms with Crippen LogP contribution in [0.25, 0.3) is 0 Å². The molecule has 0 heterocycles. The molecule has 0 aliphatic heterocycles. The van der Waals surface area contributed by atoms with Gasteiger partial charge in [0, 0.05) is 5.97 Å². The molecule has 0 bridgehead atoms. The average Bonchev–Trinajstić information content (AvgIpc) is 1.38. The fraction of sp³-hybridized carbons (Fsp3) is 0.500. The third-order valence-electron chi connectivity index (χ3n) is 0.118. The predicted molar refractivity (Wildman–Crippen MR) is 9.87 cm³/mol. The monoisotopic (exact) mass is 269 g/mol. The van der Waals surface area contributed by atoms with Crippen LogP contribution in [-0.4, -0.2) is 12.6 Å². The Morgan fingerprint density at radius 2 is 1.83 bits per heavy atom. The third-order valence-corrected chi connectivity index (χ3v) is 0.118. The van der Waals surface area contributed by atoms with Gasteiger partial charge in [-0.05, 0) is 0 Å². The molecule has 6 heavy (non-hydrogen) atoms. The smallest absolute Gasteiger partial charge is 0.850 e. The topological polar surface area (TPSA) is 63.2 Å². The number of hydrogen-bond donors (Lipinski definition) is 0. The molecule has 0 saturated carbocycles. The van der Waals surface area contributed by atoms with Crippen molar-refractivity contribution in [2.75, 3.05) is 6.61 Å². The summed E-state index contributed by atoms with van der Waals surface area (Å²) in [5.74, 6) is -1.55. The minimum absolute atomic E-state index is 0. The number of carbonyl (C=O) groups is 1. The summed E-state index contributed by atoms with van der Waals surface area (Å²) in [6, 6.07) is 0. The van der Waals surface area contributed by atoms with E-state index in [1.807, 2.05) is 0 Å². The quantitative estimate of drug-likeness (QED) is 0.513. The number of carboxylic acids is 1. The second-order valence-electron chi connectivity index (χ2n) is 0.516. The molecule has 0 aliphatic carbocycles. The van der Waals surface area contributed by atoms with E-state index < -0.39 is 12.6 Å². The average molecular weight is 269 g/mol. The summed E-state index contributed by atoms with van der Waals surface area (Å²) in [5, 5.41) is 17.9. The van der Waals surface area contributed by atoms with Crippen molar-refractivity contribution in [2.24, 2.45) is 0 Å². The van der Waals surface area contributed by atoms with Crippen molar-refractivity contribution in [1.82, 2.24) is 0 Å². The van der Waals surface area contributed by atoms with Crippen molar-refractivity contribution >= 4 is 5.97 Å². The van der Waals surface area contributed by atoms with Gasteiger partial charge < -0.3 is 15.0 Å². The molecule has 0 N–H and O–H groups in total. The minimum Gasteiger partial charge on any atom is -0.850 e. The van der Waals surface area contributed by atoms with Crippen molar-refractivity contribution in [2.45, 2.75) is 0 Å². The van der Waals surface area contributed by atoms with Crippen molar-refractivity contribution in [3.8, 4) is 0 Å². The van der Waals surface area contributed by atoms with Gasteiger partial charge in [-0.1, -0.05) is 6.61 Å². The Balaban J connectivity index is 0. The molecular formula is C2H2O3Pt. The molecule has 0 aromatic rings. The second-order valence-corrected chi connectivity index (χ2v) is 0.516. The van der Waals surface area contributed by atoms with Gasteiger partial charge in [-0.2, -0.15) is 0 Å². The van der Waals surface area contributed by atoms with Crippen LogP contribution in [0.1, 0.15) is 0 Å². The first-order chi connectivity index (χ1) is 2.27. The first-order valence-electron chi connectivity index (χ1n) is 1.05. The van der Waals surface area contributed by atoms with E-state index in [9.17, 15) is 0 Å². The van der Waals surface area contributed by atoms with Gasteiger partial charge in [0.1, 0.15) is 0 Å². The minimum atomic E-state index is -1.55. The fourth-order valence-corrected chi connectivity index (χ4v) is 0. The SMILES string of the molecule is O=C([O-])C[O-].[Pt+2]. The van der Waals surface area contributed by atoms with Crippen LogP contribution in [0.5, 0.6) is 0 Å². The summed E-state index contributed by atoms with van der Waals surface area (Å²) < 4.78 is 0. The van der Waals surface area contributed by atoms with E-state index in [-0.39, 0.29) is 21.1 Å². The summed E-state index contributed by atoms with van der Waals surface area (Å²) in [6.45, 7) is -1.14. The zero-order chi connectivity index (χ0) is 4.28. The molecule has 0 aliphatic rings. The van der Waals surface area contributed by atoms with Crippen LogP contribution in [-0.2, 0) is 25.9 Å². The van der Waals surface area contributed by atoms with Gasteiger partial charge in [0.2, 0.25) is 0 Å². The van der Waals surface area contributed by atoms with Crippen LogP contribution in [0.2, 0.25) is 0 Å². The molecule has 0 unspecified atom stereocenters. The molecule has 0 fully saturated rings. The largest absolute Gasteiger partial charge is 2.00 e. The summed E-state index contributed by atoms with van der Waals surface area (Å²) in [5.41, 5.74) is 0. The van der Waals surface area contributed by atoms with Gasteiger partial charge in [-0.3, -0.25) is 0 Å². The van der Waals surface area contributed by atoms with Gasteiger partial charge in [-0.25, -0.2) is 0 Å². The number of hydrogen-bond acceptors (Lipinski definition) is 3. The van der Waals surface area contributed by atoms with E-state index >= 15 is 0 Å². The van der Waals surface area contributed by atoms with Crippen molar-refractivity contribution in [1.29, 1.82) is 0 Å². The van der Waals surface area contributed by atoms with Crippen molar-refractivity contribution < 1.29 is 36.1 Å². The standard InChI is InChI=1S/C2H3O3.Pt/c3-1-2(4)5;/h1H2,(H,4,5);/q-1;+2/p-1. The first-order valence-corrected chi connectivity index (χ1v) is 1.05. The maximum atomic E-state index is 8.97. The van der Waals surface area contributed by atoms with E-state index in [0.717, 1.165) is 0 Å². The van der Waals surface area contributed by atoms with Gasteiger partial charge in [0.25, 0.3) is 0 Å². The van der Waals surface area contributed by atoms with Crippen LogP contribution in [0.3, 0.4) is 0 Å². The normalized spacial score (nSPS) is 6.17. The zero-order valence-corrected chi connectivity index (χ0v) is 5.02. The Morgan fingerprint density at radius 3 is 1.83 bits per heavy atom. The zero-order valence-electron chi connectivity index (χ0n) is 2.75. The Bertz CT molecular complexity index is 44.1. The van der Waals surface area contributed by atoms with Gasteiger partial charge in [0.05, 0.1) is 0 Å². The van der Waals surface area contributed by atoms with Crippen molar-refractivity contribution in [3.05, 3.63) is 0 Å². The third kappa shape index (κ3) is 8.92. The molecule has 0 rings (SSSR count). The van der Waals surface area contributed by atoms with Crippen LogP contribution < -0.4 is 10.2 Å². The summed E-state index contributed by atoms with van der Waals surface area (Å²) in [6.07, 6.45) is 0. The Morgan fingerprint density at radius 1 is 1.67 bits per heavy atom. The van der Waals surface area contributed by atoms with E-state index in [1.165, 1.54) is 0 Å². The number of rotatable bonds is 1. The van der Waals surface area contributed by atoms with Crippen LogP contribution in [0.4, 0.5) is 0 Å². The molecule has 0 aromatic heterocycles. The molecular weight excluding hydrogens is 267 g/mol. The summed E-state index contributed by atoms with van der Waals surface area (Å²) >= 11 is 0. The maximum absolute atomic E-state index is 8.97. The van der Waals surface area contributed by atoms with E-state index in [0.29, 0.717) is 0 Å². The molecule has 38 valence electrons. The van der Waals surface area contributed by atoms with Gasteiger partial charge in [-0.15, -0.1) is 0 Å². The van der Waals surface area contributed by atoms with E-state index in [2.05, 4.69) is 0 Å². The first kappa shape index (κ1) is 9.45. The number of carboxylic acid groups (broad SMARTS) is 1. The molecule has 0 radical (unpaired) electrons. The maximum Gasteiger partial charge on any atom is 2.00 e. The summed E-state index contributed by atoms with van der Waals surface area (Å²) in [7, 11) is 0. The summed E-state index contributed by atoms with van der Waals surface area (Å²) in [4.78, 5) is 8.94. The van der Waals surface area contributed by atoms with Crippen LogP contribution in [0.15, 0.2) is 0 Å². The molecule has 0 aromatic carbocycles. The molecule has 0 saturated heterocycles. The number of carbonyl (C=O) groups excluding carboxylic acids is 1. The molecule has 3 nitrogen and oxygen atoms in total. The fourth-order valence-electron chi connectivity index (χ4n) is 0. The second kappa shape index (κ2) is 5.12.